The number of rotatable bonds is 9. The maximum Gasteiger partial charge on any atom is 0.404 e. The molecule has 0 radical (unpaired) electrons. The van der Waals surface area contributed by atoms with Crippen LogP contribution in [0.4, 0.5) is 10.5 Å². The molecule has 8 heteroatoms. The van der Waals surface area contributed by atoms with E-state index in [9.17, 15) is 14.4 Å². The molecule has 0 bridgehead atoms. The van der Waals surface area contributed by atoms with E-state index < -0.39 is 6.09 Å². The summed E-state index contributed by atoms with van der Waals surface area (Å²) in [7, 11) is 1.65. The van der Waals surface area contributed by atoms with E-state index in [4.69, 9.17) is 10.5 Å². The largest absolute Gasteiger partial charge is 0.445 e. The van der Waals surface area contributed by atoms with Crippen LogP contribution in [-0.2, 0) is 20.9 Å². The van der Waals surface area contributed by atoms with Crippen molar-refractivity contribution in [2.75, 3.05) is 11.9 Å². The van der Waals surface area contributed by atoms with Gasteiger partial charge in [0.25, 0.3) is 5.91 Å². The lowest BCUT2D eigenvalue weighted by Crippen LogP contribution is -2.27. The number of hydrogen-bond donors (Lipinski definition) is 1. The lowest BCUT2D eigenvalue weighted by molar-refractivity contribution is -0.114. The molecule has 3 aromatic carbocycles. The molecular formula is C25H22N2O4S2. The summed E-state index contributed by atoms with van der Waals surface area (Å²) in [6.45, 7) is 0.0469. The third-order valence-corrected chi connectivity index (χ3v) is 6.73. The predicted octanol–water partition coefficient (Wildman–Crippen LogP) is 5.24. The number of aldehydes is 1. The van der Waals surface area contributed by atoms with Gasteiger partial charge in [-0.2, -0.15) is 0 Å². The van der Waals surface area contributed by atoms with Crippen LogP contribution in [0, 0.1) is 0 Å². The molecule has 0 atom stereocenters. The fraction of sp³-hybridized carbons (Fsp3) is 0.0800. The number of hydrogen-bond acceptors (Lipinski definition) is 6. The molecule has 6 nitrogen and oxygen atoms in total. The van der Waals surface area contributed by atoms with Gasteiger partial charge in [0.1, 0.15) is 6.61 Å². The SMILES string of the molecule is CN(C(=O)/C(Sc1ccccc1)=C(\C=O)Sc1ccccc1)c1ccc(COC(N)=O)cc1. The number of carbonyl (C=O) groups excluding carboxylic acids is 3. The maximum absolute atomic E-state index is 13.5. The first-order valence-electron chi connectivity index (χ1n) is 9.92. The fourth-order valence-electron chi connectivity index (χ4n) is 2.78. The Morgan fingerprint density at radius 3 is 1.94 bits per heavy atom. The van der Waals surface area contributed by atoms with Gasteiger partial charge in [0.05, 0.1) is 9.81 Å². The zero-order chi connectivity index (χ0) is 23.6. The highest BCUT2D eigenvalue weighted by Crippen LogP contribution is 2.37. The Hall–Kier alpha value is -3.49. The summed E-state index contributed by atoms with van der Waals surface area (Å²) in [5.41, 5.74) is 6.37. The minimum Gasteiger partial charge on any atom is -0.445 e. The summed E-state index contributed by atoms with van der Waals surface area (Å²) in [5, 5.41) is 0. The number of anilines is 1. The number of thioether (sulfide) groups is 2. The van der Waals surface area contributed by atoms with E-state index in [-0.39, 0.29) is 12.5 Å². The van der Waals surface area contributed by atoms with Crippen molar-refractivity contribution in [3.8, 4) is 0 Å². The average molecular weight is 479 g/mol. The smallest absolute Gasteiger partial charge is 0.404 e. The number of nitrogens with two attached hydrogens (primary N) is 1. The highest BCUT2D eigenvalue weighted by atomic mass is 32.2. The number of amides is 2. The monoisotopic (exact) mass is 478 g/mol. The van der Waals surface area contributed by atoms with Crippen LogP contribution < -0.4 is 10.6 Å². The Labute approximate surface area is 200 Å². The van der Waals surface area contributed by atoms with Crippen LogP contribution in [0.3, 0.4) is 0 Å². The molecule has 0 fully saturated rings. The summed E-state index contributed by atoms with van der Waals surface area (Å²) in [6, 6.07) is 25.8. The maximum atomic E-state index is 13.5. The van der Waals surface area contributed by atoms with E-state index in [1.807, 2.05) is 60.7 Å². The molecule has 0 aliphatic heterocycles. The first-order chi connectivity index (χ1) is 16.0. The molecule has 0 heterocycles. The van der Waals surface area contributed by atoms with Gasteiger partial charge in [-0.3, -0.25) is 9.59 Å². The van der Waals surface area contributed by atoms with Crippen LogP contribution in [0.5, 0.6) is 0 Å². The van der Waals surface area contributed by atoms with Crippen molar-refractivity contribution in [1.82, 2.24) is 0 Å². The van der Waals surface area contributed by atoms with E-state index in [1.54, 1.807) is 31.3 Å². The summed E-state index contributed by atoms with van der Waals surface area (Å²) in [6.07, 6.45) is -0.129. The Kier molecular flexibility index (Phi) is 8.74. The van der Waals surface area contributed by atoms with Crippen LogP contribution in [0.15, 0.2) is 105 Å². The zero-order valence-electron chi connectivity index (χ0n) is 17.8. The van der Waals surface area contributed by atoms with Crippen LogP contribution in [0.2, 0.25) is 0 Å². The van der Waals surface area contributed by atoms with Gasteiger partial charge in [-0.25, -0.2) is 4.79 Å². The van der Waals surface area contributed by atoms with Gasteiger partial charge in [0, 0.05) is 22.5 Å². The number of benzene rings is 3. The van der Waals surface area contributed by atoms with Gasteiger partial charge < -0.3 is 15.4 Å². The van der Waals surface area contributed by atoms with E-state index in [1.165, 1.54) is 28.4 Å². The molecule has 0 spiro atoms. The lowest BCUT2D eigenvalue weighted by Gasteiger charge is -2.20. The van der Waals surface area contributed by atoms with Crippen LogP contribution >= 0.6 is 23.5 Å². The van der Waals surface area contributed by atoms with Crippen molar-refractivity contribution in [3.05, 3.63) is 100 Å². The molecular weight excluding hydrogens is 456 g/mol. The highest BCUT2D eigenvalue weighted by Gasteiger charge is 2.23. The summed E-state index contributed by atoms with van der Waals surface area (Å²) in [4.78, 5) is 40.2. The second-order valence-corrected chi connectivity index (χ2v) is 8.98. The second kappa shape index (κ2) is 11.9. The van der Waals surface area contributed by atoms with Crippen molar-refractivity contribution in [2.24, 2.45) is 5.73 Å². The van der Waals surface area contributed by atoms with E-state index in [0.29, 0.717) is 15.5 Å². The Morgan fingerprint density at radius 1 is 0.879 bits per heavy atom. The summed E-state index contributed by atoms with van der Waals surface area (Å²) < 4.78 is 4.79. The van der Waals surface area contributed by atoms with Crippen molar-refractivity contribution in [3.63, 3.8) is 0 Å². The molecule has 0 aromatic heterocycles. The molecule has 2 amide bonds. The number of likely N-dealkylation sites (N-methyl/N-ethyl adjacent to an activating group) is 1. The van der Waals surface area contributed by atoms with Gasteiger partial charge in [-0.1, -0.05) is 72.1 Å². The van der Waals surface area contributed by atoms with Gasteiger partial charge in [-0.05, 0) is 42.0 Å². The topological polar surface area (TPSA) is 89.7 Å². The zero-order valence-corrected chi connectivity index (χ0v) is 19.5. The van der Waals surface area contributed by atoms with Gasteiger partial charge in [0.2, 0.25) is 0 Å². The molecule has 0 saturated carbocycles. The quantitative estimate of drug-likeness (QED) is 0.257. The highest BCUT2D eigenvalue weighted by molar-refractivity contribution is 8.08. The standard InChI is InChI=1S/C25H22N2O4S2/c1-27(19-14-12-18(13-15-19)17-31-25(26)30)24(29)23(33-21-10-6-3-7-11-21)22(16-28)32-20-8-4-2-5-9-20/h2-16H,17H2,1H3,(H2,26,30)/b23-22-. The fourth-order valence-corrected chi connectivity index (χ4v) is 4.71. The van der Waals surface area contributed by atoms with Crippen molar-refractivity contribution < 1.29 is 19.1 Å². The number of carbonyl (C=O) groups is 3. The Bertz CT molecular complexity index is 1130. The van der Waals surface area contributed by atoms with Crippen LogP contribution in [0.1, 0.15) is 5.56 Å². The minimum absolute atomic E-state index is 0.0469. The van der Waals surface area contributed by atoms with Gasteiger partial charge >= 0.3 is 6.09 Å². The Morgan fingerprint density at radius 2 is 1.42 bits per heavy atom. The first-order valence-corrected chi connectivity index (χ1v) is 11.6. The summed E-state index contributed by atoms with van der Waals surface area (Å²) >= 11 is 2.50. The number of allylic oxidation sites excluding steroid dienone is 1. The van der Waals surface area contributed by atoms with Crippen LogP contribution in [-0.4, -0.2) is 25.3 Å². The minimum atomic E-state index is -0.851. The summed E-state index contributed by atoms with van der Waals surface area (Å²) in [5.74, 6) is -0.310. The average Bonchev–Trinajstić information content (AvgIpc) is 2.85. The van der Waals surface area contributed by atoms with Gasteiger partial charge in [0.15, 0.2) is 6.29 Å². The third kappa shape index (κ3) is 7.00. The predicted molar refractivity (Wildman–Crippen MR) is 132 cm³/mol. The molecule has 2 N–H and O–H groups in total. The van der Waals surface area contributed by atoms with E-state index in [2.05, 4.69) is 0 Å². The normalized spacial score (nSPS) is 11.3. The Balaban J connectivity index is 1.90. The molecule has 0 aliphatic rings. The molecule has 33 heavy (non-hydrogen) atoms. The second-order valence-electron chi connectivity index (χ2n) is 6.78. The molecule has 3 rings (SSSR count). The van der Waals surface area contributed by atoms with Crippen LogP contribution in [0.25, 0.3) is 0 Å². The van der Waals surface area contributed by atoms with E-state index >= 15 is 0 Å². The number of nitrogens with zero attached hydrogens (tertiary/aromatic N) is 1. The number of primary amides is 1. The molecule has 0 unspecified atom stereocenters. The third-order valence-electron chi connectivity index (χ3n) is 4.47. The van der Waals surface area contributed by atoms with E-state index in [0.717, 1.165) is 21.6 Å². The molecule has 168 valence electrons. The lowest BCUT2D eigenvalue weighted by atomic mass is 10.2. The molecule has 0 saturated heterocycles. The van der Waals surface area contributed by atoms with Crippen molar-refractivity contribution in [2.45, 2.75) is 16.4 Å². The molecule has 0 aliphatic carbocycles. The first kappa shape index (κ1) is 24.2. The number of ether oxygens (including phenoxy) is 1. The van der Waals surface area contributed by atoms with Gasteiger partial charge in [-0.15, -0.1) is 0 Å². The van der Waals surface area contributed by atoms with Crippen molar-refractivity contribution in [1.29, 1.82) is 0 Å². The molecule has 3 aromatic rings. The van der Waals surface area contributed by atoms with Crippen molar-refractivity contribution >= 4 is 47.5 Å².